The number of nitrogens with zero attached hydrogens (tertiary/aromatic N) is 1. The summed E-state index contributed by atoms with van der Waals surface area (Å²) in [5.41, 5.74) is 0.764. The molecule has 3 atom stereocenters. The molecule has 3 fully saturated rings. The summed E-state index contributed by atoms with van der Waals surface area (Å²) in [6.45, 7) is 6.34. The molecule has 2 heteroatoms. The highest BCUT2D eigenvalue weighted by molar-refractivity contribution is 5.05. The second kappa shape index (κ2) is 5.13. The topological polar surface area (TPSA) is 15.3 Å². The highest BCUT2D eigenvalue weighted by atomic mass is 15.1. The van der Waals surface area contributed by atoms with E-state index >= 15 is 0 Å². The average Bonchev–Trinajstić information content (AvgIpc) is 3.02. The maximum atomic E-state index is 3.51. The second-order valence-corrected chi connectivity index (χ2v) is 7.38. The van der Waals surface area contributed by atoms with Crippen LogP contribution < -0.4 is 5.32 Å². The van der Waals surface area contributed by atoms with Crippen LogP contribution in [0.5, 0.6) is 0 Å². The van der Waals surface area contributed by atoms with Gasteiger partial charge in [-0.25, -0.2) is 0 Å². The van der Waals surface area contributed by atoms with E-state index in [1.54, 1.807) is 0 Å². The summed E-state index contributed by atoms with van der Waals surface area (Å²) >= 11 is 0. The van der Waals surface area contributed by atoms with Crippen LogP contribution in [0, 0.1) is 17.3 Å². The van der Waals surface area contributed by atoms with Crippen molar-refractivity contribution in [2.24, 2.45) is 17.3 Å². The van der Waals surface area contributed by atoms with Gasteiger partial charge in [0, 0.05) is 12.6 Å². The van der Waals surface area contributed by atoms with Gasteiger partial charge in [0.25, 0.3) is 0 Å². The molecular formula is C16H30N2. The smallest absolute Gasteiger partial charge is 0.00948 e. The van der Waals surface area contributed by atoms with Crippen molar-refractivity contribution in [3.8, 4) is 0 Å². The fraction of sp³-hybridized carbons (Fsp3) is 1.00. The van der Waals surface area contributed by atoms with E-state index in [1.165, 1.54) is 64.6 Å². The first kappa shape index (κ1) is 12.9. The molecule has 2 nitrogen and oxygen atoms in total. The number of hydrogen-bond donors (Lipinski definition) is 1. The largest absolute Gasteiger partial charge is 0.317 e. The van der Waals surface area contributed by atoms with E-state index in [1.807, 2.05) is 0 Å². The van der Waals surface area contributed by atoms with Gasteiger partial charge in [-0.05, 0) is 69.5 Å². The van der Waals surface area contributed by atoms with Crippen molar-refractivity contribution in [3.05, 3.63) is 0 Å². The first-order chi connectivity index (χ1) is 8.70. The zero-order valence-electron chi connectivity index (χ0n) is 12.3. The highest BCUT2D eigenvalue weighted by Gasteiger charge is 2.53. The molecule has 1 N–H and O–H groups in total. The van der Waals surface area contributed by atoms with Crippen LogP contribution >= 0.6 is 0 Å². The molecule has 2 aliphatic carbocycles. The Morgan fingerprint density at radius 3 is 2.72 bits per heavy atom. The first-order valence-electron chi connectivity index (χ1n) is 8.10. The number of rotatable bonds is 3. The Morgan fingerprint density at radius 2 is 2.00 bits per heavy atom. The zero-order chi connectivity index (χ0) is 12.6. The Labute approximate surface area is 113 Å². The van der Waals surface area contributed by atoms with Crippen molar-refractivity contribution >= 4 is 0 Å². The van der Waals surface area contributed by atoms with Crippen LogP contribution in [0.1, 0.15) is 51.9 Å². The molecule has 3 rings (SSSR count). The summed E-state index contributed by atoms with van der Waals surface area (Å²) in [7, 11) is 2.38. The van der Waals surface area contributed by atoms with Crippen LogP contribution in [0.4, 0.5) is 0 Å². The van der Waals surface area contributed by atoms with E-state index in [9.17, 15) is 0 Å². The standard InChI is InChI=1S/C16H30N2/c1-13-4-3-5-15(10-13)18(2)12-14-11-16(14)6-8-17-9-7-16/h13-15,17H,3-12H2,1-2H3. The molecule has 1 aliphatic heterocycles. The van der Waals surface area contributed by atoms with E-state index in [-0.39, 0.29) is 0 Å². The Balaban J connectivity index is 1.48. The van der Waals surface area contributed by atoms with Crippen molar-refractivity contribution in [3.63, 3.8) is 0 Å². The van der Waals surface area contributed by atoms with Crippen LogP contribution in [0.15, 0.2) is 0 Å². The maximum Gasteiger partial charge on any atom is 0.00948 e. The van der Waals surface area contributed by atoms with E-state index in [4.69, 9.17) is 0 Å². The third kappa shape index (κ3) is 2.60. The molecule has 1 saturated heterocycles. The van der Waals surface area contributed by atoms with Gasteiger partial charge in [0.2, 0.25) is 0 Å². The summed E-state index contributed by atoms with van der Waals surface area (Å²) in [6.07, 6.45) is 10.2. The molecule has 1 heterocycles. The van der Waals surface area contributed by atoms with Gasteiger partial charge in [0.05, 0.1) is 0 Å². The van der Waals surface area contributed by atoms with Crippen molar-refractivity contribution < 1.29 is 0 Å². The molecule has 0 aromatic heterocycles. The van der Waals surface area contributed by atoms with Crippen molar-refractivity contribution in [1.82, 2.24) is 10.2 Å². The Morgan fingerprint density at radius 1 is 1.22 bits per heavy atom. The van der Waals surface area contributed by atoms with Gasteiger partial charge in [0.1, 0.15) is 0 Å². The monoisotopic (exact) mass is 250 g/mol. The predicted octanol–water partition coefficient (Wildman–Crippen LogP) is 2.89. The molecule has 0 amide bonds. The third-order valence-corrected chi connectivity index (χ3v) is 6.00. The number of piperidine rings is 1. The van der Waals surface area contributed by atoms with E-state index in [0.717, 1.165) is 23.3 Å². The van der Waals surface area contributed by atoms with Crippen LogP contribution in [0.2, 0.25) is 0 Å². The molecule has 3 aliphatic rings. The van der Waals surface area contributed by atoms with Gasteiger partial charge in [-0.2, -0.15) is 0 Å². The number of nitrogens with one attached hydrogen (secondary N) is 1. The van der Waals surface area contributed by atoms with Gasteiger partial charge in [-0.3, -0.25) is 0 Å². The van der Waals surface area contributed by atoms with Crippen molar-refractivity contribution in [1.29, 1.82) is 0 Å². The lowest BCUT2D eigenvalue weighted by atomic mass is 9.86. The maximum absolute atomic E-state index is 3.51. The quantitative estimate of drug-likeness (QED) is 0.828. The predicted molar refractivity (Wildman–Crippen MR) is 76.7 cm³/mol. The van der Waals surface area contributed by atoms with Gasteiger partial charge in [-0.15, -0.1) is 0 Å². The highest BCUT2D eigenvalue weighted by Crippen LogP contribution is 2.58. The summed E-state index contributed by atoms with van der Waals surface area (Å²) in [5.74, 6) is 1.97. The molecule has 1 spiro atoms. The summed E-state index contributed by atoms with van der Waals surface area (Å²) < 4.78 is 0. The normalized spacial score (nSPS) is 39.2. The lowest BCUT2D eigenvalue weighted by Gasteiger charge is -2.35. The molecule has 0 aromatic rings. The molecule has 104 valence electrons. The van der Waals surface area contributed by atoms with E-state index in [2.05, 4.69) is 24.2 Å². The second-order valence-electron chi connectivity index (χ2n) is 7.38. The lowest BCUT2D eigenvalue weighted by molar-refractivity contribution is 0.148. The molecule has 3 unspecified atom stereocenters. The van der Waals surface area contributed by atoms with Gasteiger partial charge in [-0.1, -0.05) is 19.8 Å². The fourth-order valence-electron chi connectivity index (χ4n) is 4.53. The zero-order valence-corrected chi connectivity index (χ0v) is 12.3. The Bertz CT molecular complexity index is 283. The van der Waals surface area contributed by atoms with E-state index in [0.29, 0.717) is 0 Å². The molecule has 0 radical (unpaired) electrons. The first-order valence-corrected chi connectivity index (χ1v) is 8.10. The van der Waals surface area contributed by atoms with Gasteiger partial charge >= 0.3 is 0 Å². The third-order valence-electron chi connectivity index (χ3n) is 6.00. The summed E-state index contributed by atoms with van der Waals surface area (Å²) in [5, 5.41) is 3.51. The molecule has 2 saturated carbocycles. The van der Waals surface area contributed by atoms with Crippen LogP contribution in [-0.4, -0.2) is 37.6 Å². The van der Waals surface area contributed by atoms with Crippen molar-refractivity contribution in [2.45, 2.75) is 57.9 Å². The van der Waals surface area contributed by atoms with E-state index < -0.39 is 0 Å². The SMILES string of the molecule is CC1CCCC(N(C)CC2CC23CCNCC3)C1. The van der Waals surface area contributed by atoms with Crippen LogP contribution in [0.25, 0.3) is 0 Å². The molecule has 0 aromatic carbocycles. The molecule has 18 heavy (non-hydrogen) atoms. The van der Waals surface area contributed by atoms with Gasteiger partial charge < -0.3 is 10.2 Å². The van der Waals surface area contributed by atoms with Crippen LogP contribution in [0.3, 0.4) is 0 Å². The Kier molecular flexibility index (Phi) is 3.68. The summed E-state index contributed by atoms with van der Waals surface area (Å²) in [4.78, 5) is 2.71. The van der Waals surface area contributed by atoms with Gasteiger partial charge in [0.15, 0.2) is 0 Å². The minimum absolute atomic E-state index is 0.764. The Hall–Kier alpha value is -0.0800. The number of hydrogen-bond acceptors (Lipinski definition) is 2. The minimum Gasteiger partial charge on any atom is -0.317 e. The molecular weight excluding hydrogens is 220 g/mol. The lowest BCUT2D eigenvalue weighted by Crippen LogP contribution is -2.38. The average molecular weight is 250 g/mol. The fourth-order valence-corrected chi connectivity index (χ4v) is 4.53. The molecule has 0 bridgehead atoms. The van der Waals surface area contributed by atoms with Crippen LogP contribution in [-0.2, 0) is 0 Å². The minimum atomic E-state index is 0.764. The van der Waals surface area contributed by atoms with Crippen molar-refractivity contribution in [2.75, 3.05) is 26.7 Å². The summed E-state index contributed by atoms with van der Waals surface area (Å²) in [6, 6.07) is 0.883.